The predicted octanol–water partition coefficient (Wildman–Crippen LogP) is 1.35. The summed E-state index contributed by atoms with van der Waals surface area (Å²) in [5, 5.41) is 19.8. The number of carbonyl (C=O) groups excluding carboxylic acids is 2. The smallest absolute Gasteiger partial charge is 0.272 e. The summed E-state index contributed by atoms with van der Waals surface area (Å²) in [6.07, 6.45) is 0. The molecule has 6 heteroatoms. The number of carbonyl (C=O) groups is 2. The number of ketones is 2. The third-order valence-electron chi connectivity index (χ3n) is 2.94. The Morgan fingerprint density at radius 3 is 2.16 bits per heavy atom. The zero-order valence-corrected chi connectivity index (χ0v) is 10.6. The van der Waals surface area contributed by atoms with E-state index in [1.165, 1.54) is 13.2 Å². The molecule has 100 valence electrons. The number of fused-ring (bicyclic) bond motifs is 1. The minimum Gasteiger partial charge on any atom is -0.507 e. The van der Waals surface area contributed by atoms with Gasteiger partial charge in [0.05, 0.1) is 25.3 Å². The normalized spacial score (nSPS) is 14.5. The van der Waals surface area contributed by atoms with Crippen LogP contribution in [0.1, 0.15) is 21.5 Å². The number of aliphatic hydroxyl groups is 1. The van der Waals surface area contributed by atoms with Crippen molar-refractivity contribution in [3.63, 3.8) is 0 Å². The molecule has 0 amide bonds. The van der Waals surface area contributed by atoms with Gasteiger partial charge in [0, 0.05) is 0 Å². The van der Waals surface area contributed by atoms with Crippen molar-refractivity contribution < 1.29 is 29.3 Å². The van der Waals surface area contributed by atoms with Crippen LogP contribution in [0.4, 0.5) is 0 Å². The van der Waals surface area contributed by atoms with Gasteiger partial charge in [0.25, 0.3) is 5.78 Å². The van der Waals surface area contributed by atoms with E-state index in [0.29, 0.717) is 5.56 Å². The van der Waals surface area contributed by atoms with Gasteiger partial charge >= 0.3 is 0 Å². The summed E-state index contributed by atoms with van der Waals surface area (Å²) in [6.45, 7) is 1.61. The van der Waals surface area contributed by atoms with Crippen molar-refractivity contribution in [2.24, 2.45) is 0 Å². The van der Waals surface area contributed by atoms with Gasteiger partial charge in [-0.3, -0.25) is 9.59 Å². The lowest BCUT2D eigenvalue weighted by Gasteiger charge is -2.21. The maximum atomic E-state index is 12.0. The molecule has 19 heavy (non-hydrogen) atoms. The monoisotopic (exact) mass is 264 g/mol. The van der Waals surface area contributed by atoms with E-state index in [0.717, 1.165) is 7.11 Å². The van der Waals surface area contributed by atoms with Crippen LogP contribution in [0.25, 0.3) is 5.76 Å². The average Bonchev–Trinajstić information content (AvgIpc) is 2.36. The topological polar surface area (TPSA) is 93.1 Å². The number of allylic oxidation sites excluding steroid dienone is 1. The summed E-state index contributed by atoms with van der Waals surface area (Å²) in [5.74, 6) is -3.10. The zero-order valence-electron chi connectivity index (χ0n) is 10.6. The Bertz CT molecular complexity index is 627. The minimum atomic E-state index is -0.976. The van der Waals surface area contributed by atoms with Gasteiger partial charge in [0.15, 0.2) is 5.76 Å². The number of phenols is 1. The molecule has 0 saturated heterocycles. The molecule has 1 aliphatic carbocycles. The van der Waals surface area contributed by atoms with Gasteiger partial charge in [-0.25, -0.2) is 0 Å². The van der Waals surface area contributed by atoms with E-state index >= 15 is 0 Å². The summed E-state index contributed by atoms with van der Waals surface area (Å²) in [6, 6.07) is 1.34. The van der Waals surface area contributed by atoms with Crippen molar-refractivity contribution >= 4 is 17.3 Å². The lowest BCUT2D eigenvalue weighted by atomic mass is 9.89. The molecule has 0 aliphatic heterocycles. The highest BCUT2D eigenvalue weighted by Crippen LogP contribution is 2.41. The number of benzene rings is 1. The Kier molecular flexibility index (Phi) is 2.94. The lowest BCUT2D eigenvalue weighted by molar-refractivity contribution is -0.114. The van der Waals surface area contributed by atoms with E-state index in [1.54, 1.807) is 6.92 Å². The highest BCUT2D eigenvalue weighted by Gasteiger charge is 2.38. The first-order valence-electron chi connectivity index (χ1n) is 5.41. The molecule has 0 spiro atoms. The van der Waals surface area contributed by atoms with Gasteiger partial charge in [-0.2, -0.15) is 0 Å². The van der Waals surface area contributed by atoms with E-state index in [9.17, 15) is 19.8 Å². The molecular weight excluding hydrogens is 252 g/mol. The first-order chi connectivity index (χ1) is 8.93. The number of hydrogen-bond donors (Lipinski definition) is 2. The molecule has 2 N–H and O–H groups in total. The summed E-state index contributed by atoms with van der Waals surface area (Å²) in [7, 11) is 2.49. The van der Waals surface area contributed by atoms with Gasteiger partial charge in [-0.15, -0.1) is 0 Å². The molecule has 1 aromatic carbocycles. The van der Waals surface area contributed by atoms with Crippen LogP contribution in [-0.4, -0.2) is 36.0 Å². The number of ether oxygens (including phenoxy) is 2. The van der Waals surface area contributed by atoms with Crippen molar-refractivity contribution in [3.05, 3.63) is 28.5 Å². The fourth-order valence-corrected chi connectivity index (χ4v) is 2.13. The summed E-state index contributed by atoms with van der Waals surface area (Å²) in [5.41, 5.74) is 0.181. The van der Waals surface area contributed by atoms with Crippen LogP contribution in [0.2, 0.25) is 0 Å². The molecule has 0 heterocycles. The second kappa shape index (κ2) is 4.31. The van der Waals surface area contributed by atoms with Crippen molar-refractivity contribution in [1.82, 2.24) is 0 Å². The Balaban J connectivity index is 2.92. The number of Topliss-reactive ketones (excluding diaryl/α,β-unsaturated/α-hetero) is 2. The first kappa shape index (κ1) is 12.9. The Morgan fingerprint density at radius 2 is 1.63 bits per heavy atom. The summed E-state index contributed by atoms with van der Waals surface area (Å²) in [4.78, 5) is 23.8. The van der Waals surface area contributed by atoms with Crippen molar-refractivity contribution in [3.8, 4) is 11.5 Å². The number of rotatable bonds is 2. The fourth-order valence-electron chi connectivity index (χ4n) is 2.13. The van der Waals surface area contributed by atoms with Crippen molar-refractivity contribution in [1.29, 1.82) is 0 Å². The number of hydrogen-bond acceptors (Lipinski definition) is 6. The second-order valence-electron chi connectivity index (χ2n) is 4.04. The molecule has 1 aliphatic rings. The Morgan fingerprint density at radius 1 is 1.00 bits per heavy atom. The van der Waals surface area contributed by atoms with E-state index in [2.05, 4.69) is 0 Å². The standard InChI is InChI=1S/C13H12O6/c1-5-4-6(14)7-8(12(5)18-2)9(15)11(17)13(19-3)10(7)16/h4,14,16H,1-3H3. The molecule has 6 nitrogen and oxygen atoms in total. The Hall–Kier alpha value is -2.50. The number of aliphatic hydroxyl groups excluding tert-OH is 1. The van der Waals surface area contributed by atoms with Crippen molar-refractivity contribution in [2.45, 2.75) is 6.92 Å². The van der Waals surface area contributed by atoms with Crippen LogP contribution >= 0.6 is 0 Å². The van der Waals surface area contributed by atoms with E-state index < -0.39 is 23.1 Å². The van der Waals surface area contributed by atoms with Gasteiger partial charge in [0.1, 0.15) is 11.5 Å². The molecule has 0 aromatic heterocycles. The van der Waals surface area contributed by atoms with Gasteiger partial charge in [-0.05, 0) is 18.6 Å². The second-order valence-corrected chi connectivity index (χ2v) is 4.04. The van der Waals surface area contributed by atoms with E-state index in [4.69, 9.17) is 9.47 Å². The fraction of sp³-hybridized carbons (Fsp3) is 0.231. The van der Waals surface area contributed by atoms with E-state index in [-0.39, 0.29) is 22.6 Å². The third-order valence-corrected chi connectivity index (χ3v) is 2.94. The molecular formula is C13H12O6. The predicted molar refractivity (Wildman–Crippen MR) is 65.3 cm³/mol. The van der Waals surface area contributed by atoms with Gasteiger partial charge in [0.2, 0.25) is 11.5 Å². The highest BCUT2D eigenvalue weighted by atomic mass is 16.5. The Labute approximate surface area is 108 Å². The third kappa shape index (κ3) is 1.64. The van der Waals surface area contributed by atoms with Crippen LogP contribution in [0.15, 0.2) is 11.8 Å². The van der Waals surface area contributed by atoms with Crippen LogP contribution < -0.4 is 4.74 Å². The van der Waals surface area contributed by atoms with Crippen molar-refractivity contribution in [2.75, 3.05) is 14.2 Å². The maximum absolute atomic E-state index is 12.0. The average molecular weight is 264 g/mol. The molecule has 0 atom stereocenters. The van der Waals surface area contributed by atoms with Crippen LogP contribution in [0.3, 0.4) is 0 Å². The number of aromatic hydroxyl groups is 1. The zero-order chi connectivity index (χ0) is 14.3. The quantitative estimate of drug-likeness (QED) is 0.783. The molecule has 0 radical (unpaired) electrons. The van der Waals surface area contributed by atoms with Crippen LogP contribution in [0.5, 0.6) is 11.5 Å². The lowest BCUT2D eigenvalue weighted by Crippen LogP contribution is -2.26. The van der Waals surface area contributed by atoms with Gasteiger partial charge in [-0.1, -0.05) is 0 Å². The van der Waals surface area contributed by atoms with Crippen LogP contribution in [0, 0.1) is 6.92 Å². The molecule has 0 fully saturated rings. The van der Waals surface area contributed by atoms with Crippen LogP contribution in [-0.2, 0) is 9.53 Å². The molecule has 0 saturated carbocycles. The first-order valence-corrected chi connectivity index (χ1v) is 5.41. The summed E-state index contributed by atoms with van der Waals surface area (Å²) >= 11 is 0. The number of aryl methyl sites for hydroxylation is 1. The molecule has 0 unspecified atom stereocenters. The molecule has 1 aromatic rings. The highest BCUT2D eigenvalue weighted by molar-refractivity contribution is 6.52. The molecule has 2 rings (SSSR count). The maximum Gasteiger partial charge on any atom is 0.272 e. The summed E-state index contributed by atoms with van der Waals surface area (Å²) < 4.78 is 9.78. The SMILES string of the molecule is COC1=C(O)c2c(O)cc(C)c(OC)c2C(=O)C1=O. The largest absolute Gasteiger partial charge is 0.507 e. The number of phenolic OH excluding ortho intramolecular Hbond substituents is 1. The van der Waals surface area contributed by atoms with Gasteiger partial charge < -0.3 is 19.7 Å². The minimum absolute atomic E-state index is 0.146. The number of methoxy groups -OCH3 is 2. The molecule has 0 bridgehead atoms. The van der Waals surface area contributed by atoms with E-state index in [1.807, 2.05) is 0 Å².